The molecule has 1 aliphatic rings. The number of carboxylic acid groups (broad SMARTS) is 1. The van der Waals surface area contributed by atoms with E-state index in [-0.39, 0.29) is 13.0 Å². The average molecular weight is 265 g/mol. The Morgan fingerprint density at radius 2 is 2.26 bits per heavy atom. The van der Waals surface area contributed by atoms with Crippen molar-refractivity contribution in [2.24, 2.45) is 7.05 Å². The summed E-state index contributed by atoms with van der Waals surface area (Å²) in [7, 11) is 1.76. The molecule has 1 aromatic heterocycles. The van der Waals surface area contributed by atoms with E-state index in [0.717, 1.165) is 5.56 Å². The molecule has 0 unspecified atom stereocenters. The first-order chi connectivity index (χ1) is 8.97. The van der Waals surface area contributed by atoms with Gasteiger partial charge >= 0.3 is 5.97 Å². The monoisotopic (exact) mass is 265 g/mol. The minimum absolute atomic E-state index is 0.0488. The van der Waals surface area contributed by atoms with Gasteiger partial charge in [0.1, 0.15) is 6.04 Å². The number of aryl methyl sites for hydroxylation is 1. The molecule has 1 aromatic rings. The number of aliphatic carboxylic acids is 1. The first kappa shape index (κ1) is 13.3. The molecule has 2 atom stereocenters. The summed E-state index contributed by atoms with van der Waals surface area (Å²) in [6.07, 6.45) is 5.48. The van der Waals surface area contributed by atoms with Crippen molar-refractivity contribution in [3.63, 3.8) is 0 Å². The Labute approximate surface area is 109 Å². The van der Waals surface area contributed by atoms with Gasteiger partial charge in [-0.15, -0.1) is 0 Å². The van der Waals surface area contributed by atoms with Gasteiger partial charge in [-0.05, 0) is 6.08 Å². The van der Waals surface area contributed by atoms with Crippen molar-refractivity contribution in [3.8, 4) is 0 Å². The van der Waals surface area contributed by atoms with E-state index in [2.05, 4.69) is 5.10 Å². The van der Waals surface area contributed by atoms with Crippen LogP contribution >= 0.6 is 0 Å². The minimum atomic E-state index is -1.10. The number of aliphatic hydroxyl groups excluding tert-OH is 1. The van der Waals surface area contributed by atoms with Crippen LogP contribution in [0.15, 0.2) is 18.5 Å². The first-order valence-electron chi connectivity index (χ1n) is 5.85. The summed E-state index contributed by atoms with van der Waals surface area (Å²) >= 11 is 0. The first-order valence-corrected chi connectivity index (χ1v) is 5.85. The van der Waals surface area contributed by atoms with Gasteiger partial charge in [-0.25, -0.2) is 4.79 Å². The van der Waals surface area contributed by atoms with E-state index in [9.17, 15) is 14.7 Å². The molecule has 0 spiro atoms. The van der Waals surface area contributed by atoms with E-state index in [4.69, 9.17) is 5.11 Å². The van der Waals surface area contributed by atoms with Crippen molar-refractivity contribution < 1.29 is 19.8 Å². The average Bonchev–Trinajstić information content (AvgIpc) is 2.92. The second-order valence-electron chi connectivity index (χ2n) is 4.51. The van der Waals surface area contributed by atoms with Gasteiger partial charge in [0.2, 0.25) is 5.91 Å². The third-order valence-corrected chi connectivity index (χ3v) is 2.99. The van der Waals surface area contributed by atoms with E-state index in [1.165, 1.54) is 11.0 Å². The summed E-state index contributed by atoms with van der Waals surface area (Å²) in [4.78, 5) is 24.1. The molecule has 7 nitrogen and oxygen atoms in total. The van der Waals surface area contributed by atoms with Crippen molar-refractivity contribution in [3.05, 3.63) is 24.0 Å². The van der Waals surface area contributed by atoms with Gasteiger partial charge < -0.3 is 15.1 Å². The number of hydrogen-bond donors (Lipinski definition) is 2. The highest BCUT2D eigenvalue weighted by Gasteiger charge is 2.37. The Kier molecular flexibility index (Phi) is 3.66. The molecular weight excluding hydrogens is 250 g/mol. The molecule has 1 fully saturated rings. The molecular formula is C12H15N3O4. The third kappa shape index (κ3) is 3.00. The molecule has 0 bridgehead atoms. The zero-order valence-corrected chi connectivity index (χ0v) is 10.4. The van der Waals surface area contributed by atoms with E-state index in [1.54, 1.807) is 30.2 Å². The van der Waals surface area contributed by atoms with Crippen LogP contribution in [0.5, 0.6) is 0 Å². The van der Waals surface area contributed by atoms with Crippen LogP contribution in [-0.2, 0) is 16.6 Å². The van der Waals surface area contributed by atoms with Crippen LogP contribution in [0.3, 0.4) is 0 Å². The second kappa shape index (κ2) is 5.23. The zero-order valence-electron chi connectivity index (χ0n) is 10.4. The highest BCUT2D eigenvalue weighted by molar-refractivity contribution is 5.94. The quantitative estimate of drug-likeness (QED) is 0.717. The molecule has 2 rings (SSSR count). The number of rotatable bonds is 3. The number of likely N-dealkylation sites (tertiary alicyclic amines) is 1. The number of hydrogen-bond acceptors (Lipinski definition) is 4. The van der Waals surface area contributed by atoms with Gasteiger partial charge in [-0.2, -0.15) is 5.10 Å². The predicted molar refractivity (Wildman–Crippen MR) is 66.0 cm³/mol. The molecule has 19 heavy (non-hydrogen) atoms. The molecule has 0 aliphatic carbocycles. The van der Waals surface area contributed by atoms with E-state index >= 15 is 0 Å². The number of nitrogens with zero attached hydrogens (tertiary/aromatic N) is 3. The summed E-state index contributed by atoms with van der Waals surface area (Å²) in [5.41, 5.74) is 0.752. The van der Waals surface area contributed by atoms with Crippen LogP contribution in [0.4, 0.5) is 0 Å². The highest BCUT2D eigenvalue weighted by atomic mass is 16.4. The van der Waals surface area contributed by atoms with Crippen molar-refractivity contribution >= 4 is 18.0 Å². The van der Waals surface area contributed by atoms with Crippen LogP contribution in [0.2, 0.25) is 0 Å². The van der Waals surface area contributed by atoms with Gasteiger partial charge in [-0.1, -0.05) is 0 Å². The van der Waals surface area contributed by atoms with E-state index in [1.807, 2.05) is 0 Å². The van der Waals surface area contributed by atoms with Gasteiger partial charge in [-0.3, -0.25) is 9.48 Å². The number of β-amino-alcohol motifs (C(OH)–C–C–N with tert-alkyl or cyclic N) is 1. The van der Waals surface area contributed by atoms with Crippen LogP contribution in [0, 0.1) is 0 Å². The fraction of sp³-hybridized carbons (Fsp3) is 0.417. The molecule has 2 N–H and O–H groups in total. The maximum Gasteiger partial charge on any atom is 0.326 e. The highest BCUT2D eigenvalue weighted by Crippen LogP contribution is 2.18. The Hall–Kier alpha value is -2.15. The standard InChI is InChI=1S/C12H15N3O4/c1-14-6-8(5-13-14)2-3-11(17)15-7-9(16)4-10(15)12(18)19/h2-3,5-6,9-10,16H,4,7H2,1H3,(H,18,19)/t9-,10+/m1/s1. The lowest BCUT2D eigenvalue weighted by molar-refractivity contribution is -0.146. The molecule has 1 aliphatic heterocycles. The summed E-state index contributed by atoms with van der Waals surface area (Å²) in [6, 6.07) is -0.957. The summed E-state index contributed by atoms with van der Waals surface area (Å²) in [5, 5.41) is 22.4. The Bertz CT molecular complexity index is 523. The fourth-order valence-electron chi connectivity index (χ4n) is 2.08. The smallest absolute Gasteiger partial charge is 0.326 e. The SMILES string of the molecule is Cn1cc(C=CC(=O)N2C[C@H](O)C[C@H]2C(=O)O)cn1. The lowest BCUT2D eigenvalue weighted by atomic mass is 10.2. The third-order valence-electron chi connectivity index (χ3n) is 2.99. The van der Waals surface area contributed by atoms with E-state index in [0.29, 0.717) is 0 Å². The van der Waals surface area contributed by atoms with Crippen molar-refractivity contribution in [2.75, 3.05) is 6.54 Å². The van der Waals surface area contributed by atoms with Crippen molar-refractivity contribution in [1.82, 2.24) is 14.7 Å². The van der Waals surface area contributed by atoms with Gasteiger partial charge in [0, 0.05) is 37.8 Å². The molecule has 0 aromatic carbocycles. The maximum absolute atomic E-state index is 11.9. The molecule has 0 saturated carbocycles. The van der Waals surface area contributed by atoms with Gasteiger partial charge in [0.05, 0.1) is 12.3 Å². The van der Waals surface area contributed by atoms with Crippen LogP contribution in [-0.4, -0.2) is 55.5 Å². The van der Waals surface area contributed by atoms with Crippen LogP contribution < -0.4 is 0 Å². The molecule has 7 heteroatoms. The van der Waals surface area contributed by atoms with Crippen molar-refractivity contribution in [1.29, 1.82) is 0 Å². The number of aromatic nitrogens is 2. The molecule has 2 heterocycles. The van der Waals surface area contributed by atoms with Crippen LogP contribution in [0.25, 0.3) is 6.08 Å². The van der Waals surface area contributed by atoms with Crippen molar-refractivity contribution in [2.45, 2.75) is 18.6 Å². The zero-order chi connectivity index (χ0) is 14.0. The Balaban J connectivity index is 2.06. The number of carbonyl (C=O) groups excluding carboxylic acids is 1. The Morgan fingerprint density at radius 1 is 1.53 bits per heavy atom. The van der Waals surface area contributed by atoms with Gasteiger partial charge in [0.15, 0.2) is 0 Å². The van der Waals surface area contributed by atoms with E-state index < -0.39 is 24.0 Å². The molecule has 0 radical (unpaired) electrons. The number of aliphatic hydroxyl groups is 1. The number of amides is 1. The maximum atomic E-state index is 11.9. The molecule has 102 valence electrons. The summed E-state index contributed by atoms with van der Waals surface area (Å²) in [6.45, 7) is 0.0488. The lowest BCUT2D eigenvalue weighted by Crippen LogP contribution is -2.39. The second-order valence-corrected chi connectivity index (χ2v) is 4.51. The predicted octanol–water partition coefficient (Wildman–Crippen LogP) is -0.520. The summed E-state index contributed by atoms with van der Waals surface area (Å²) in [5.74, 6) is -1.52. The van der Waals surface area contributed by atoms with Crippen LogP contribution in [0.1, 0.15) is 12.0 Å². The molecule has 1 amide bonds. The normalized spacial score (nSPS) is 23.2. The lowest BCUT2D eigenvalue weighted by Gasteiger charge is -2.19. The fourth-order valence-corrected chi connectivity index (χ4v) is 2.08. The largest absolute Gasteiger partial charge is 0.480 e. The molecule has 1 saturated heterocycles. The Morgan fingerprint density at radius 3 is 2.84 bits per heavy atom. The van der Waals surface area contributed by atoms with Gasteiger partial charge in [0.25, 0.3) is 0 Å². The number of carboxylic acids is 1. The number of carbonyl (C=O) groups is 2. The summed E-state index contributed by atoms with van der Waals surface area (Å²) < 4.78 is 1.60. The minimum Gasteiger partial charge on any atom is -0.480 e. The topological polar surface area (TPSA) is 95.7 Å².